The Morgan fingerprint density at radius 2 is 1.81 bits per heavy atom. The molecule has 21 heavy (non-hydrogen) atoms. The maximum atomic E-state index is 12.6. The van der Waals surface area contributed by atoms with Crippen LogP contribution < -0.4 is 5.56 Å². The Morgan fingerprint density at radius 1 is 1.00 bits per heavy atom. The van der Waals surface area contributed by atoms with E-state index in [4.69, 9.17) is 0 Å². The summed E-state index contributed by atoms with van der Waals surface area (Å²) in [6, 6.07) is 14.0. The average molecular weight is 275 g/mol. The summed E-state index contributed by atoms with van der Waals surface area (Å²) in [7, 11) is 1.91. The SMILES string of the molecule is Cn1ccn2c(=O)c(-c3cccc4ccccc34)nc-2c1. The molecular weight excluding hydrogens is 262 g/mol. The minimum atomic E-state index is -0.0815. The van der Waals surface area contributed by atoms with Gasteiger partial charge in [-0.1, -0.05) is 42.5 Å². The van der Waals surface area contributed by atoms with Crippen LogP contribution in [0.15, 0.2) is 65.8 Å². The van der Waals surface area contributed by atoms with Gasteiger partial charge in [0.2, 0.25) is 0 Å². The van der Waals surface area contributed by atoms with Crippen LogP contribution in [-0.2, 0) is 7.05 Å². The smallest absolute Gasteiger partial charge is 0.282 e. The van der Waals surface area contributed by atoms with E-state index in [-0.39, 0.29) is 5.56 Å². The number of nitrogens with zero attached hydrogens (tertiary/aromatic N) is 3. The number of fused-ring (bicyclic) bond motifs is 2. The number of rotatable bonds is 1. The molecule has 0 bridgehead atoms. The third kappa shape index (κ3) is 1.76. The third-order valence-corrected chi connectivity index (χ3v) is 3.71. The second kappa shape index (κ2) is 4.31. The zero-order valence-corrected chi connectivity index (χ0v) is 11.5. The zero-order valence-electron chi connectivity index (χ0n) is 11.5. The summed E-state index contributed by atoms with van der Waals surface area (Å²) in [5, 5.41) is 2.15. The quantitative estimate of drug-likeness (QED) is 0.536. The lowest BCUT2D eigenvalue weighted by Gasteiger charge is -2.02. The molecule has 0 N–H and O–H groups in total. The molecule has 2 heterocycles. The lowest BCUT2D eigenvalue weighted by Crippen LogP contribution is -2.14. The number of benzene rings is 2. The summed E-state index contributed by atoms with van der Waals surface area (Å²) >= 11 is 0. The molecule has 4 rings (SSSR count). The van der Waals surface area contributed by atoms with Crippen molar-refractivity contribution in [3.8, 4) is 17.1 Å². The second-order valence-electron chi connectivity index (χ2n) is 5.11. The molecule has 0 fully saturated rings. The van der Waals surface area contributed by atoms with Crippen LogP contribution in [0.4, 0.5) is 0 Å². The number of hydrogen-bond acceptors (Lipinski definition) is 2. The van der Waals surface area contributed by atoms with Gasteiger partial charge in [0.1, 0.15) is 5.69 Å². The van der Waals surface area contributed by atoms with E-state index in [9.17, 15) is 4.79 Å². The van der Waals surface area contributed by atoms with Gasteiger partial charge in [0.05, 0.1) is 0 Å². The van der Waals surface area contributed by atoms with E-state index in [0.29, 0.717) is 11.5 Å². The van der Waals surface area contributed by atoms with E-state index < -0.39 is 0 Å². The molecule has 2 aromatic carbocycles. The Hall–Kier alpha value is -2.88. The highest BCUT2D eigenvalue weighted by molar-refractivity contribution is 5.95. The second-order valence-corrected chi connectivity index (χ2v) is 5.11. The highest BCUT2D eigenvalue weighted by Gasteiger charge is 2.17. The Kier molecular flexibility index (Phi) is 2.44. The van der Waals surface area contributed by atoms with Crippen LogP contribution >= 0.6 is 0 Å². The summed E-state index contributed by atoms with van der Waals surface area (Å²) in [5.74, 6) is 0.660. The number of hydrogen-bond donors (Lipinski definition) is 0. The van der Waals surface area contributed by atoms with Crippen molar-refractivity contribution < 1.29 is 0 Å². The van der Waals surface area contributed by atoms with Gasteiger partial charge in [-0.3, -0.25) is 9.36 Å². The molecule has 0 saturated carbocycles. The van der Waals surface area contributed by atoms with Crippen LogP contribution in [0.2, 0.25) is 0 Å². The fourth-order valence-electron chi connectivity index (χ4n) is 2.67. The molecule has 102 valence electrons. The molecule has 2 aliphatic heterocycles. The molecule has 0 radical (unpaired) electrons. The van der Waals surface area contributed by atoms with E-state index in [1.165, 1.54) is 0 Å². The molecule has 0 unspecified atom stereocenters. The minimum absolute atomic E-state index is 0.0815. The van der Waals surface area contributed by atoms with E-state index >= 15 is 0 Å². The molecule has 2 aromatic rings. The number of aryl methyl sites for hydroxylation is 1. The van der Waals surface area contributed by atoms with Crippen LogP contribution in [0.3, 0.4) is 0 Å². The maximum Gasteiger partial charge on any atom is 0.282 e. The number of imidazole rings is 1. The normalized spacial score (nSPS) is 11.3. The summed E-state index contributed by atoms with van der Waals surface area (Å²) < 4.78 is 3.46. The van der Waals surface area contributed by atoms with Gasteiger partial charge in [0.15, 0.2) is 5.82 Å². The van der Waals surface area contributed by atoms with Gasteiger partial charge in [-0.25, -0.2) is 4.98 Å². The lowest BCUT2D eigenvalue weighted by atomic mass is 10.0. The Bertz CT molecular complexity index is 975. The molecule has 0 atom stereocenters. The predicted molar refractivity (Wildman–Crippen MR) is 82.9 cm³/mol. The van der Waals surface area contributed by atoms with Crippen LogP contribution in [0, 0.1) is 0 Å². The molecular formula is C17H13N3O. The lowest BCUT2D eigenvalue weighted by molar-refractivity contribution is 0.837. The average Bonchev–Trinajstić information content (AvgIpc) is 2.83. The summed E-state index contributed by atoms with van der Waals surface area (Å²) in [6.45, 7) is 0. The van der Waals surface area contributed by atoms with Crippen molar-refractivity contribution in [1.29, 1.82) is 0 Å². The maximum absolute atomic E-state index is 12.6. The first-order valence-electron chi connectivity index (χ1n) is 6.76. The molecule has 0 spiro atoms. The topological polar surface area (TPSA) is 39.8 Å². The predicted octanol–water partition coefficient (Wildman–Crippen LogP) is 2.83. The molecule has 0 aliphatic carbocycles. The Morgan fingerprint density at radius 3 is 2.71 bits per heavy atom. The van der Waals surface area contributed by atoms with Crippen molar-refractivity contribution in [2.75, 3.05) is 0 Å². The molecule has 4 heteroatoms. The van der Waals surface area contributed by atoms with Crippen molar-refractivity contribution in [1.82, 2.24) is 14.1 Å². The van der Waals surface area contributed by atoms with Gasteiger partial charge in [-0.15, -0.1) is 0 Å². The minimum Gasteiger partial charge on any atom is -0.352 e. The van der Waals surface area contributed by atoms with Gasteiger partial charge in [-0.05, 0) is 10.8 Å². The standard InChI is InChI=1S/C17H13N3O/c1-19-9-10-20-15(11-19)18-16(17(20)21)14-8-4-6-12-5-2-3-7-13(12)14/h2-11H,1H3. The molecule has 2 aliphatic rings. The van der Waals surface area contributed by atoms with Gasteiger partial charge in [0, 0.05) is 31.2 Å². The van der Waals surface area contributed by atoms with Crippen molar-refractivity contribution in [2.45, 2.75) is 0 Å². The third-order valence-electron chi connectivity index (χ3n) is 3.71. The summed E-state index contributed by atoms with van der Waals surface area (Å²) in [6.07, 6.45) is 5.43. The largest absolute Gasteiger partial charge is 0.352 e. The fraction of sp³-hybridized carbons (Fsp3) is 0.0588. The first-order valence-corrected chi connectivity index (χ1v) is 6.76. The van der Waals surface area contributed by atoms with Crippen LogP contribution in [0.25, 0.3) is 27.8 Å². The molecule has 4 nitrogen and oxygen atoms in total. The van der Waals surface area contributed by atoms with E-state index in [1.807, 2.05) is 66.5 Å². The van der Waals surface area contributed by atoms with Crippen molar-refractivity contribution in [3.63, 3.8) is 0 Å². The molecule has 0 amide bonds. The van der Waals surface area contributed by atoms with E-state index in [2.05, 4.69) is 4.98 Å². The van der Waals surface area contributed by atoms with Gasteiger partial charge >= 0.3 is 0 Å². The van der Waals surface area contributed by atoms with Crippen LogP contribution in [0.5, 0.6) is 0 Å². The van der Waals surface area contributed by atoms with Crippen molar-refractivity contribution >= 4 is 10.8 Å². The molecule has 0 saturated heterocycles. The highest BCUT2D eigenvalue weighted by Crippen LogP contribution is 2.26. The fourth-order valence-corrected chi connectivity index (χ4v) is 2.67. The Balaban J connectivity index is 2.08. The summed E-state index contributed by atoms with van der Waals surface area (Å²) in [5.41, 5.74) is 1.30. The highest BCUT2D eigenvalue weighted by atomic mass is 16.1. The van der Waals surface area contributed by atoms with Crippen molar-refractivity contribution in [2.24, 2.45) is 7.05 Å². The Labute approximate surface area is 121 Å². The number of aromatic nitrogens is 3. The van der Waals surface area contributed by atoms with E-state index in [0.717, 1.165) is 16.3 Å². The zero-order chi connectivity index (χ0) is 14.4. The monoisotopic (exact) mass is 275 g/mol. The van der Waals surface area contributed by atoms with Crippen molar-refractivity contribution in [3.05, 3.63) is 71.4 Å². The first kappa shape index (κ1) is 11.9. The van der Waals surface area contributed by atoms with Gasteiger partial charge in [0.25, 0.3) is 5.56 Å². The first-order chi connectivity index (χ1) is 10.2. The van der Waals surface area contributed by atoms with Gasteiger partial charge in [-0.2, -0.15) is 0 Å². The van der Waals surface area contributed by atoms with E-state index in [1.54, 1.807) is 10.8 Å². The van der Waals surface area contributed by atoms with Crippen LogP contribution in [-0.4, -0.2) is 14.1 Å². The van der Waals surface area contributed by atoms with Gasteiger partial charge < -0.3 is 4.57 Å². The molecule has 0 aromatic heterocycles. The van der Waals surface area contributed by atoms with Crippen LogP contribution in [0.1, 0.15) is 0 Å². The summed E-state index contributed by atoms with van der Waals surface area (Å²) in [4.78, 5) is 17.1.